The topological polar surface area (TPSA) is 86.4 Å². The molecule has 6 aromatic rings. The summed E-state index contributed by atoms with van der Waals surface area (Å²) in [5.74, 6) is -0.354. The van der Waals surface area contributed by atoms with Crippen LogP contribution in [0.1, 0.15) is 18.4 Å². The number of benzene rings is 2. The maximum absolute atomic E-state index is 16.1. The molecule has 9 heteroatoms. The summed E-state index contributed by atoms with van der Waals surface area (Å²) in [5.41, 5.74) is 5.55. The van der Waals surface area contributed by atoms with Crippen LogP contribution < -0.4 is 0 Å². The third-order valence-electron chi connectivity index (χ3n) is 7.10. The van der Waals surface area contributed by atoms with Crippen LogP contribution in [-0.2, 0) is 6.54 Å². The molecule has 1 aliphatic rings. The number of hydrogen-bond donors (Lipinski definition) is 2. The molecule has 5 heterocycles. The average molecular weight is 508 g/mol. The normalized spacial score (nSPS) is 14.2. The second-order valence-electron chi connectivity index (χ2n) is 9.64. The summed E-state index contributed by atoms with van der Waals surface area (Å²) in [6.07, 6.45) is 7.59. The fourth-order valence-electron chi connectivity index (χ4n) is 5.28. The van der Waals surface area contributed by atoms with Crippen molar-refractivity contribution in [3.05, 3.63) is 84.3 Å². The van der Waals surface area contributed by atoms with Crippen LogP contribution in [-0.4, -0.2) is 48.1 Å². The minimum Gasteiger partial charge on any atom is -0.336 e. The standard InChI is InChI=1S/C29H23F2N7/c30-20-5-3-4-18(13-20)26-27-23(8-9-33-26)34-29(35-27)28-24-22(36-37-28)7-6-21(25(24)31)19-12-17(14-32-15-19)16-38-10-1-2-11-38/h3-9,12-15H,1-2,10-11,16H2,(H,34,35)(H,36,37). The van der Waals surface area contributed by atoms with Crippen molar-refractivity contribution in [1.82, 2.24) is 35.0 Å². The molecular weight excluding hydrogens is 484 g/mol. The van der Waals surface area contributed by atoms with Crippen LogP contribution in [0.3, 0.4) is 0 Å². The van der Waals surface area contributed by atoms with Crippen LogP contribution >= 0.6 is 0 Å². The maximum Gasteiger partial charge on any atom is 0.159 e. The van der Waals surface area contributed by atoms with Crippen LogP contribution in [0.25, 0.3) is 55.8 Å². The first-order valence-electron chi connectivity index (χ1n) is 12.6. The highest BCUT2D eigenvalue weighted by Crippen LogP contribution is 2.35. The van der Waals surface area contributed by atoms with Crippen LogP contribution in [0.15, 0.2) is 67.1 Å². The Labute approximate surface area is 216 Å². The second-order valence-corrected chi connectivity index (χ2v) is 9.64. The zero-order valence-corrected chi connectivity index (χ0v) is 20.4. The monoisotopic (exact) mass is 507 g/mol. The van der Waals surface area contributed by atoms with Gasteiger partial charge in [0, 0.05) is 41.8 Å². The van der Waals surface area contributed by atoms with Crippen molar-refractivity contribution in [3.8, 4) is 33.9 Å². The number of halogens is 2. The molecule has 1 fully saturated rings. The van der Waals surface area contributed by atoms with Gasteiger partial charge in [0.15, 0.2) is 5.82 Å². The number of H-pyrrole nitrogens is 2. The molecule has 0 saturated carbocycles. The smallest absolute Gasteiger partial charge is 0.159 e. The van der Waals surface area contributed by atoms with E-state index in [4.69, 9.17) is 4.98 Å². The number of imidazole rings is 1. The number of pyridine rings is 2. The SMILES string of the molecule is Fc1cccc(-c2nccc3[nH]c(-c4n[nH]c5ccc(-c6cncc(CN7CCCC7)c6)c(F)c45)nc23)c1. The van der Waals surface area contributed by atoms with Crippen molar-refractivity contribution < 1.29 is 8.78 Å². The highest BCUT2D eigenvalue weighted by molar-refractivity contribution is 5.98. The summed E-state index contributed by atoms with van der Waals surface area (Å²) in [7, 11) is 0. The van der Waals surface area contributed by atoms with Crippen molar-refractivity contribution in [2.75, 3.05) is 13.1 Å². The van der Waals surface area contributed by atoms with Gasteiger partial charge in [-0.3, -0.25) is 20.0 Å². The van der Waals surface area contributed by atoms with E-state index in [0.29, 0.717) is 50.3 Å². The van der Waals surface area contributed by atoms with Crippen LogP contribution in [0.5, 0.6) is 0 Å². The molecule has 0 spiro atoms. The first-order valence-corrected chi connectivity index (χ1v) is 12.6. The van der Waals surface area contributed by atoms with Gasteiger partial charge in [0.2, 0.25) is 0 Å². The van der Waals surface area contributed by atoms with Crippen LogP contribution in [0.4, 0.5) is 8.78 Å². The van der Waals surface area contributed by atoms with Gasteiger partial charge in [-0.2, -0.15) is 5.10 Å². The van der Waals surface area contributed by atoms with Crippen molar-refractivity contribution in [1.29, 1.82) is 0 Å². The van der Waals surface area contributed by atoms with Gasteiger partial charge in [0.1, 0.15) is 22.8 Å². The number of aromatic amines is 2. The number of nitrogens with zero attached hydrogens (tertiary/aromatic N) is 5. The number of hydrogen-bond acceptors (Lipinski definition) is 5. The molecule has 7 nitrogen and oxygen atoms in total. The molecule has 0 aliphatic carbocycles. The fourth-order valence-corrected chi connectivity index (χ4v) is 5.28. The van der Waals surface area contributed by atoms with E-state index in [1.807, 2.05) is 18.3 Å². The van der Waals surface area contributed by atoms with Gasteiger partial charge in [-0.1, -0.05) is 12.1 Å². The number of likely N-dealkylation sites (tertiary alicyclic amines) is 1. The first kappa shape index (κ1) is 22.7. The summed E-state index contributed by atoms with van der Waals surface area (Å²) < 4.78 is 30.0. The van der Waals surface area contributed by atoms with Gasteiger partial charge in [0.05, 0.1) is 22.1 Å². The van der Waals surface area contributed by atoms with E-state index < -0.39 is 5.82 Å². The summed E-state index contributed by atoms with van der Waals surface area (Å²) >= 11 is 0. The molecule has 4 aromatic heterocycles. The number of fused-ring (bicyclic) bond motifs is 2. The van der Waals surface area contributed by atoms with Crippen LogP contribution in [0.2, 0.25) is 0 Å². The maximum atomic E-state index is 16.1. The predicted octanol–water partition coefficient (Wildman–Crippen LogP) is 6.10. The average Bonchev–Trinajstić information content (AvgIpc) is 3.68. The van der Waals surface area contributed by atoms with Crippen molar-refractivity contribution in [2.45, 2.75) is 19.4 Å². The van der Waals surface area contributed by atoms with Gasteiger partial charge < -0.3 is 4.98 Å². The Morgan fingerprint density at radius 1 is 0.895 bits per heavy atom. The van der Waals surface area contributed by atoms with Gasteiger partial charge in [-0.15, -0.1) is 0 Å². The summed E-state index contributed by atoms with van der Waals surface area (Å²) in [6, 6.07) is 13.6. The van der Waals surface area contributed by atoms with E-state index in [9.17, 15) is 4.39 Å². The molecule has 1 saturated heterocycles. The molecule has 0 atom stereocenters. The fraction of sp³-hybridized carbons (Fsp3) is 0.172. The lowest BCUT2D eigenvalue weighted by Gasteiger charge is -2.15. The highest BCUT2D eigenvalue weighted by Gasteiger charge is 2.21. The quantitative estimate of drug-likeness (QED) is 0.294. The second kappa shape index (κ2) is 9.11. The molecule has 38 heavy (non-hydrogen) atoms. The molecule has 0 amide bonds. The van der Waals surface area contributed by atoms with E-state index in [1.54, 1.807) is 36.7 Å². The lowest BCUT2D eigenvalue weighted by Crippen LogP contribution is -2.18. The number of nitrogens with one attached hydrogen (secondary N) is 2. The minimum absolute atomic E-state index is 0.340. The molecule has 7 rings (SSSR count). The molecule has 2 N–H and O–H groups in total. The van der Waals surface area contributed by atoms with E-state index in [2.05, 4.69) is 30.0 Å². The lowest BCUT2D eigenvalue weighted by molar-refractivity contribution is 0.331. The molecule has 2 aromatic carbocycles. The van der Waals surface area contributed by atoms with Gasteiger partial charge in [0.25, 0.3) is 0 Å². The van der Waals surface area contributed by atoms with Crippen molar-refractivity contribution in [2.24, 2.45) is 0 Å². The molecule has 1 aliphatic heterocycles. The molecule has 0 bridgehead atoms. The Kier molecular flexibility index (Phi) is 5.44. The Bertz CT molecular complexity index is 1800. The summed E-state index contributed by atoms with van der Waals surface area (Å²) in [4.78, 5) is 19.2. The van der Waals surface area contributed by atoms with Crippen molar-refractivity contribution >= 4 is 21.9 Å². The predicted molar refractivity (Wildman–Crippen MR) is 142 cm³/mol. The molecule has 188 valence electrons. The summed E-state index contributed by atoms with van der Waals surface area (Å²) in [6.45, 7) is 2.97. The Hall–Kier alpha value is -4.50. The van der Waals surface area contributed by atoms with Gasteiger partial charge >= 0.3 is 0 Å². The first-order chi connectivity index (χ1) is 18.6. The van der Waals surface area contributed by atoms with Gasteiger partial charge in [-0.25, -0.2) is 13.8 Å². The van der Waals surface area contributed by atoms with E-state index in [1.165, 1.54) is 25.0 Å². The molecule has 0 unspecified atom stereocenters. The lowest BCUT2D eigenvalue weighted by atomic mass is 10.0. The number of aromatic nitrogens is 6. The molecule has 0 radical (unpaired) electrons. The zero-order valence-electron chi connectivity index (χ0n) is 20.4. The van der Waals surface area contributed by atoms with E-state index in [0.717, 1.165) is 30.8 Å². The highest BCUT2D eigenvalue weighted by atomic mass is 19.1. The summed E-state index contributed by atoms with van der Waals surface area (Å²) in [5, 5.41) is 7.66. The van der Waals surface area contributed by atoms with E-state index in [-0.39, 0.29) is 5.82 Å². The zero-order chi connectivity index (χ0) is 25.6. The Balaban J connectivity index is 1.31. The Morgan fingerprint density at radius 2 is 1.79 bits per heavy atom. The van der Waals surface area contributed by atoms with Crippen molar-refractivity contribution in [3.63, 3.8) is 0 Å². The van der Waals surface area contributed by atoms with Gasteiger partial charge in [-0.05, 0) is 67.9 Å². The van der Waals surface area contributed by atoms with Crippen LogP contribution in [0, 0.1) is 11.6 Å². The third-order valence-corrected chi connectivity index (χ3v) is 7.10. The molecular formula is C29H23F2N7. The minimum atomic E-state index is -0.393. The third kappa shape index (κ3) is 3.92. The van der Waals surface area contributed by atoms with E-state index >= 15 is 4.39 Å². The number of rotatable bonds is 5. The largest absolute Gasteiger partial charge is 0.336 e. The Morgan fingerprint density at radius 3 is 2.66 bits per heavy atom.